The van der Waals surface area contributed by atoms with E-state index in [1.807, 2.05) is 20.8 Å². The number of carbonyl (C=O) groups excluding carboxylic acids is 2. The van der Waals surface area contributed by atoms with Gasteiger partial charge in [0.05, 0.1) is 17.0 Å². The van der Waals surface area contributed by atoms with Gasteiger partial charge in [0, 0.05) is 5.56 Å². The first-order valence-corrected chi connectivity index (χ1v) is 8.09. The number of para-hydroxylation sites is 1. The normalized spacial score (nSPS) is 11.3. The smallest absolute Gasteiger partial charge is 0.234 e. The van der Waals surface area contributed by atoms with Gasteiger partial charge in [0.25, 0.3) is 0 Å². The zero-order valence-electron chi connectivity index (χ0n) is 13.5. The van der Waals surface area contributed by atoms with Crippen molar-refractivity contribution in [3.05, 3.63) is 29.8 Å². The number of benzene rings is 1. The van der Waals surface area contributed by atoms with E-state index in [1.54, 1.807) is 28.9 Å². The Morgan fingerprint density at radius 1 is 1.26 bits per heavy atom. The minimum absolute atomic E-state index is 0.0924. The Morgan fingerprint density at radius 2 is 1.96 bits per heavy atom. The van der Waals surface area contributed by atoms with Gasteiger partial charge in [-0.1, -0.05) is 23.9 Å². The van der Waals surface area contributed by atoms with Crippen LogP contribution in [0.3, 0.4) is 0 Å². The topological polar surface area (TPSA) is 89.8 Å². The van der Waals surface area contributed by atoms with Gasteiger partial charge in [0.15, 0.2) is 5.78 Å². The summed E-state index contributed by atoms with van der Waals surface area (Å²) in [7, 11) is 0. The van der Waals surface area contributed by atoms with Crippen LogP contribution in [0.15, 0.2) is 29.4 Å². The number of hydrogen-bond donors (Lipinski definition) is 1. The third-order valence-corrected chi connectivity index (χ3v) is 3.91. The van der Waals surface area contributed by atoms with Gasteiger partial charge in [-0.3, -0.25) is 9.59 Å². The van der Waals surface area contributed by atoms with Crippen LogP contribution in [0.25, 0.3) is 0 Å². The highest BCUT2D eigenvalue weighted by atomic mass is 32.2. The molecule has 0 saturated heterocycles. The average molecular weight is 333 g/mol. The highest BCUT2D eigenvalue weighted by Crippen LogP contribution is 2.22. The molecule has 1 N–H and O–H groups in total. The summed E-state index contributed by atoms with van der Waals surface area (Å²) < 4.78 is 1.68. The lowest BCUT2D eigenvalue weighted by Crippen LogP contribution is -2.24. The van der Waals surface area contributed by atoms with Gasteiger partial charge in [-0.2, -0.15) is 0 Å². The van der Waals surface area contributed by atoms with Gasteiger partial charge in [-0.15, -0.1) is 5.10 Å². The number of anilines is 1. The summed E-state index contributed by atoms with van der Waals surface area (Å²) in [6.07, 6.45) is 0. The van der Waals surface area contributed by atoms with E-state index in [9.17, 15) is 9.59 Å². The molecule has 0 spiro atoms. The van der Waals surface area contributed by atoms with Gasteiger partial charge in [0.2, 0.25) is 11.1 Å². The highest BCUT2D eigenvalue weighted by Gasteiger charge is 2.20. The highest BCUT2D eigenvalue weighted by molar-refractivity contribution is 7.99. The average Bonchev–Trinajstić information content (AvgIpc) is 2.94. The second kappa shape index (κ2) is 6.91. The second-order valence-electron chi connectivity index (χ2n) is 5.98. The number of tetrazole rings is 1. The maximum absolute atomic E-state index is 12.1. The van der Waals surface area contributed by atoms with E-state index in [0.29, 0.717) is 16.4 Å². The minimum Gasteiger partial charge on any atom is -0.325 e. The summed E-state index contributed by atoms with van der Waals surface area (Å²) in [5.74, 6) is -0.153. The summed E-state index contributed by atoms with van der Waals surface area (Å²) in [4.78, 5) is 23.7. The quantitative estimate of drug-likeness (QED) is 0.667. The third kappa shape index (κ3) is 4.38. The van der Waals surface area contributed by atoms with Crippen LogP contribution >= 0.6 is 11.8 Å². The van der Waals surface area contributed by atoms with Crippen LogP contribution in [0.4, 0.5) is 5.69 Å². The summed E-state index contributed by atoms with van der Waals surface area (Å²) >= 11 is 1.25. The Morgan fingerprint density at radius 3 is 2.61 bits per heavy atom. The lowest BCUT2D eigenvalue weighted by molar-refractivity contribution is -0.113. The number of rotatable bonds is 5. The molecule has 0 atom stereocenters. The van der Waals surface area contributed by atoms with Crippen molar-refractivity contribution < 1.29 is 9.59 Å². The standard InChI is InChI=1S/C15H19N5O2S/c1-10(21)11-7-5-6-8-12(11)16-13(22)9-23-14-17-18-19-20(14)15(2,3)4/h5-8H,9H2,1-4H3,(H,16,22). The van der Waals surface area contributed by atoms with E-state index in [4.69, 9.17) is 0 Å². The van der Waals surface area contributed by atoms with Crippen molar-refractivity contribution in [2.24, 2.45) is 0 Å². The molecule has 23 heavy (non-hydrogen) atoms. The number of ketones is 1. The molecule has 2 aromatic rings. The lowest BCUT2D eigenvalue weighted by Gasteiger charge is -2.19. The van der Waals surface area contributed by atoms with Crippen LogP contribution < -0.4 is 5.32 Å². The lowest BCUT2D eigenvalue weighted by atomic mass is 10.1. The van der Waals surface area contributed by atoms with Crippen LogP contribution in [0, 0.1) is 0 Å². The van der Waals surface area contributed by atoms with Gasteiger partial charge >= 0.3 is 0 Å². The molecule has 7 nitrogen and oxygen atoms in total. The number of nitrogens with one attached hydrogen (secondary N) is 1. The fraction of sp³-hybridized carbons (Fsp3) is 0.400. The van der Waals surface area contributed by atoms with Gasteiger partial charge < -0.3 is 5.32 Å². The maximum atomic E-state index is 12.1. The Labute approximate surface area is 138 Å². The zero-order chi connectivity index (χ0) is 17.0. The largest absolute Gasteiger partial charge is 0.325 e. The summed E-state index contributed by atoms with van der Waals surface area (Å²) in [6, 6.07) is 6.93. The molecule has 8 heteroatoms. The third-order valence-electron chi connectivity index (χ3n) is 2.99. The number of nitrogens with zero attached hydrogens (tertiary/aromatic N) is 4. The summed E-state index contributed by atoms with van der Waals surface area (Å²) in [5, 5.41) is 14.9. The first-order chi connectivity index (χ1) is 10.8. The Kier molecular flexibility index (Phi) is 5.15. The molecule has 0 unspecified atom stereocenters. The predicted octanol–water partition coefficient (Wildman–Crippen LogP) is 2.36. The van der Waals surface area contributed by atoms with Crippen molar-refractivity contribution in [2.75, 3.05) is 11.1 Å². The summed E-state index contributed by atoms with van der Waals surface area (Å²) in [6.45, 7) is 7.42. The minimum atomic E-state index is -0.260. The van der Waals surface area contributed by atoms with Crippen LogP contribution in [-0.2, 0) is 10.3 Å². The van der Waals surface area contributed by atoms with E-state index in [0.717, 1.165) is 0 Å². The zero-order valence-corrected chi connectivity index (χ0v) is 14.3. The summed E-state index contributed by atoms with van der Waals surface area (Å²) in [5.41, 5.74) is 0.746. The van der Waals surface area contributed by atoms with Crippen molar-refractivity contribution >= 4 is 29.1 Å². The molecule has 122 valence electrons. The first kappa shape index (κ1) is 17.1. The molecule has 1 heterocycles. The Bertz CT molecular complexity index is 721. The molecule has 1 aromatic heterocycles. The number of thioether (sulfide) groups is 1. The van der Waals surface area contributed by atoms with Crippen LogP contribution in [0.2, 0.25) is 0 Å². The van der Waals surface area contributed by atoms with Crippen molar-refractivity contribution in [3.63, 3.8) is 0 Å². The molecular weight excluding hydrogens is 314 g/mol. The van der Waals surface area contributed by atoms with Crippen molar-refractivity contribution in [1.82, 2.24) is 20.2 Å². The van der Waals surface area contributed by atoms with Crippen LogP contribution in [0.5, 0.6) is 0 Å². The van der Waals surface area contributed by atoms with E-state index >= 15 is 0 Å². The fourth-order valence-electron chi connectivity index (χ4n) is 1.91. The van der Waals surface area contributed by atoms with E-state index in [1.165, 1.54) is 18.7 Å². The van der Waals surface area contributed by atoms with Gasteiger partial charge in [-0.25, -0.2) is 4.68 Å². The van der Waals surface area contributed by atoms with E-state index in [2.05, 4.69) is 20.8 Å². The fourth-order valence-corrected chi connectivity index (χ4v) is 2.76. The molecule has 0 saturated carbocycles. The monoisotopic (exact) mass is 333 g/mol. The molecule has 1 amide bonds. The molecule has 2 rings (SSSR count). The molecule has 0 fully saturated rings. The molecule has 0 bridgehead atoms. The van der Waals surface area contributed by atoms with Crippen molar-refractivity contribution in [1.29, 1.82) is 0 Å². The van der Waals surface area contributed by atoms with Gasteiger partial charge in [0.1, 0.15) is 0 Å². The second-order valence-corrected chi connectivity index (χ2v) is 6.93. The van der Waals surface area contributed by atoms with Gasteiger partial charge in [-0.05, 0) is 50.3 Å². The maximum Gasteiger partial charge on any atom is 0.234 e. The number of hydrogen-bond acceptors (Lipinski definition) is 6. The molecule has 0 aliphatic carbocycles. The number of Topliss-reactive ketones (excluding diaryl/α,β-unsaturated/α-hetero) is 1. The van der Waals surface area contributed by atoms with Crippen molar-refractivity contribution in [3.8, 4) is 0 Å². The molecule has 1 aromatic carbocycles. The Balaban J connectivity index is 2.02. The van der Waals surface area contributed by atoms with E-state index < -0.39 is 0 Å². The van der Waals surface area contributed by atoms with Crippen LogP contribution in [0.1, 0.15) is 38.1 Å². The molecule has 0 radical (unpaired) electrons. The van der Waals surface area contributed by atoms with Crippen LogP contribution in [-0.4, -0.2) is 37.7 Å². The van der Waals surface area contributed by atoms with Crippen molar-refractivity contribution in [2.45, 2.75) is 38.4 Å². The SMILES string of the molecule is CC(=O)c1ccccc1NC(=O)CSc1nnnn1C(C)(C)C. The Hall–Kier alpha value is -2.22. The number of aromatic nitrogens is 4. The van der Waals surface area contributed by atoms with E-state index in [-0.39, 0.29) is 23.0 Å². The molecule has 0 aliphatic heterocycles. The first-order valence-electron chi connectivity index (χ1n) is 7.10. The molecule has 0 aliphatic rings. The number of amides is 1. The molecular formula is C15H19N5O2S. The number of carbonyl (C=O) groups is 2. The predicted molar refractivity (Wildman–Crippen MR) is 88.6 cm³/mol.